The molecule has 1 heterocycles. The third-order valence-electron chi connectivity index (χ3n) is 5.15. The molecule has 10 heteroatoms. The number of rotatable bonds is 11. The average molecular weight is 491 g/mol. The summed E-state index contributed by atoms with van der Waals surface area (Å²) in [6.07, 6.45) is 1.33. The standard InChI is InChI=1S/C25H32F2N4O4/c1-15(2)13-31-21-11-24(35-25(33)30-19(14-32)7-8-28-16(3)4)23(9-17(21)12-29-31)34-22-6-5-18(26)10-20(22)27/h5-6,9-12,15-16,19,28,32H,7-8,13-14H2,1-4H3,(H,30,33)/t19-/m0/s1. The van der Waals surface area contributed by atoms with Gasteiger partial charge < -0.3 is 25.2 Å². The number of ether oxygens (including phenoxy) is 2. The first kappa shape index (κ1) is 26.4. The van der Waals surface area contributed by atoms with Crippen LogP contribution in [0.4, 0.5) is 13.6 Å². The van der Waals surface area contributed by atoms with Crippen LogP contribution in [0.5, 0.6) is 17.2 Å². The Morgan fingerprint density at radius 2 is 1.89 bits per heavy atom. The van der Waals surface area contributed by atoms with Crippen LogP contribution in [0.25, 0.3) is 10.9 Å². The number of aliphatic hydroxyl groups excluding tert-OH is 1. The van der Waals surface area contributed by atoms with Crippen molar-refractivity contribution in [1.82, 2.24) is 20.4 Å². The molecule has 0 saturated heterocycles. The van der Waals surface area contributed by atoms with Crippen LogP contribution in [0.1, 0.15) is 34.1 Å². The largest absolute Gasteiger partial charge is 0.450 e. The van der Waals surface area contributed by atoms with Gasteiger partial charge in [-0.15, -0.1) is 0 Å². The molecule has 0 fully saturated rings. The molecule has 2 aromatic carbocycles. The topological polar surface area (TPSA) is 97.6 Å². The molecule has 3 aromatic rings. The summed E-state index contributed by atoms with van der Waals surface area (Å²) in [7, 11) is 0. The Balaban J connectivity index is 1.87. The van der Waals surface area contributed by atoms with E-state index < -0.39 is 23.8 Å². The zero-order valence-electron chi connectivity index (χ0n) is 20.3. The van der Waals surface area contributed by atoms with Crippen molar-refractivity contribution in [3.05, 3.63) is 48.2 Å². The molecule has 8 nitrogen and oxygen atoms in total. The molecule has 0 aliphatic heterocycles. The van der Waals surface area contributed by atoms with Gasteiger partial charge in [-0.1, -0.05) is 27.7 Å². The molecular weight excluding hydrogens is 458 g/mol. The van der Waals surface area contributed by atoms with Crippen LogP contribution in [0, 0.1) is 17.6 Å². The lowest BCUT2D eigenvalue weighted by molar-refractivity contribution is 0.179. The molecule has 0 aliphatic carbocycles. The third kappa shape index (κ3) is 7.37. The summed E-state index contributed by atoms with van der Waals surface area (Å²) in [4.78, 5) is 12.7. The van der Waals surface area contributed by atoms with Gasteiger partial charge >= 0.3 is 6.09 Å². The Bertz CT molecular complexity index is 1150. The van der Waals surface area contributed by atoms with E-state index in [4.69, 9.17) is 9.47 Å². The molecular formula is C25H32F2N4O4. The van der Waals surface area contributed by atoms with Crippen LogP contribution in [-0.4, -0.2) is 46.2 Å². The van der Waals surface area contributed by atoms with Gasteiger partial charge in [0, 0.05) is 30.1 Å². The Kier molecular flexibility index (Phi) is 9.00. The summed E-state index contributed by atoms with van der Waals surface area (Å²) in [6.45, 7) is 9.08. The smallest absolute Gasteiger partial charge is 0.413 e. The molecule has 1 aromatic heterocycles. The normalized spacial score (nSPS) is 12.4. The average Bonchev–Trinajstić information content (AvgIpc) is 3.15. The second-order valence-electron chi connectivity index (χ2n) is 9.07. The zero-order chi connectivity index (χ0) is 25.5. The number of amides is 1. The summed E-state index contributed by atoms with van der Waals surface area (Å²) < 4.78 is 40.6. The van der Waals surface area contributed by atoms with Crippen LogP contribution in [-0.2, 0) is 6.54 Å². The van der Waals surface area contributed by atoms with E-state index in [0.717, 1.165) is 12.1 Å². The predicted octanol–water partition coefficient (Wildman–Crippen LogP) is 4.60. The molecule has 0 aliphatic rings. The summed E-state index contributed by atoms with van der Waals surface area (Å²) in [5.41, 5.74) is 0.702. The molecule has 35 heavy (non-hydrogen) atoms. The van der Waals surface area contributed by atoms with Crippen molar-refractivity contribution in [1.29, 1.82) is 0 Å². The first-order chi connectivity index (χ1) is 16.7. The van der Waals surface area contributed by atoms with Crippen molar-refractivity contribution in [2.45, 2.75) is 52.7 Å². The summed E-state index contributed by atoms with van der Waals surface area (Å²) in [5, 5.41) is 20.6. The predicted molar refractivity (Wildman–Crippen MR) is 129 cm³/mol. The highest BCUT2D eigenvalue weighted by Gasteiger charge is 2.19. The molecule has 1 amide bonds. The monoisotopic (exact) mass is 490 g/mol. The van der Waals surface area contributed by atoms with Gasteiger partial charge in [0.1, 0.15) is 5.82 Å². The van der Waals surface area contributed by atoms with Gasteiger partial charge in [-0.05, 0) is 37.1 Å². The number of aromatic nitrogens is 2. The minimum Gasteiger partial charge on any atom is -0.450 e. The van der Waals surface area contributed by atoms with E-state index in [2.05, 4.69) is 29.6 Å². The van der Waals surface area contributed by atoms with E-state index in [1.54, 1.807) is 23.0 Å². The van der Waals surface area contributed by atoms with E-state index in [-0.39, 0.29) is 29.9 Å². The van der Waals surface area contributed by atoms with Crippen molar-refractivity contribution >= 4 is 17.0 Å². The lowest BCUT2D eigenvalue weighted by Crippen LogP contribution is -2.41. The Morgan fingerprint density at radius 1 is 1.11 bits per heavy atom. The van der Waals surface area contributed by atoms with Gasteiger partial charge in [0.15, 0.2) is 23.1 Å². The van der Waals surface area contributed by atoms with E-state index in [1.807, 2.05) is 13.8 Å². The fraction of sp³-hybridized carbons (Fsp3) is 0.440. The number of fused-ring (bicyclic) bond motifs is 1. The molecule has 0 radical (unpaired) electrons. The second kappa shape index (κ2) is 11.9. The maximum atomic E-state index is 14.2. The SMILES string of the molecule is CC(C)Cn1ncc2cc(Oc3ccc(F)cc3F)c(OC(=O)N[C@H](CO)CCNC(C)C)cc21. The lowest BCUT2D eigenvalue weighted by Gasteiger charge is -2.18. The van der Waals surface area contributed by atoms with Gasteiger partial charge in [0.2, 0.25) is 0 Å². The van der Waals surface area contributed by atoms with Crippen LogP contribution in [0.2, 0.25) is 0 Å². The van der Waals surface area contributed by atoms with Crippen molar-refractivity contribution in [2.24, 2.45) is 5.92 Å². The van der Waals surface area contributed by atoms with Crippen LogP contribution in [0.15, 0.2) is 36.5 Å². The zero-order valence-corrected chi connectivity index (χ0v) is 20.3. The minimum atomic E-state index is -0.894. The van der Waals surface area contributed by atoms with Gasteiger partial charge in [-0.25, -0.2) is 13.6 Å². The number of nitrogens with zero attached hydrogens (tertiary/aromatic N) is 2. The maximum Gasteiger partial charge on any atom is 0.413 e. The van der Waals surface area contributed by atoms with Crippen LogP contribution < -0.4 is 20.1 Å². The molecule has 0 spiro atoms. The minimum absolute atomic E-state index is 0.0289. The number of hydrogen-bond acceptors (Lipinski definition) is 6. The molecule has 0 saturated carbocycles. The van der Waals surface area contributed by atoms with Crippen molar-refractivity contribution < 1.29 is 28.2 Å². The number of carbonyl (C=O) groups is 1. The van der Waals surface area contributed by atoms with Crippen molar-refractivity contribution in [3.63, 3.8) is 0 Å². The highest BCUT2D eigenvalue weighted by Crippen LogP contribution is 2.37. The van der Waals surface area contributed by atoms with Crippen LogP contribution in [0.3, 0.4) is 0 Å². The van der Waals surface area contributed by atoms with E-state index in [9.17, 15) is 18.7 Å². The van der Waals surface area contributed by atoms with Gasteiger partial charge in [0.05, 0.1) is 24.4 Å². The lowest BCUT2D eigenvalue weighted by atomic mass is 10.2. The quantitative estimate of drug-likeness (QED) is 0.364. The number of aliphatic hydroxyl groups is 1. The summed E-state index contributed by atoms with van der Waals surface area (Å²) >= 11 is 0. The molecule has 0 unspecified atom stereocenters. The Morgan fingerprint density at radius 3 is 2.54 bits per heavy atom. The van der Waals surface area contributed by atoms with Gasteiger partial charge in [0.25, 0.3) is 0 Å². The Labute approximate surface area is 203 Å². The molecule has 3 rings (SSSR count). The number of nitrogens with one attached hydrogen (secondary N) is 2. The Hall–Kier alpha value is -3.24. The molecule has 0 bridgehead atoms. The van der Waals surface area contributed by atoms with Crippen molar-refractivity contribution in [2.75, 3.05) is 13.2 Å². The number of carbonyl (C=O) groups excluding carboxylic acids is 1. The fourth-order valence-electron chi connectivity index (χ4n) is 3.46. The molecule has 190 valence electrons. The van der Waals surface area contributed by atoms with Gasteiger partial charge in [-0.2, -0.15) is 5.10 Å². The van der Waals surface area contributed by atoms with E-state index in [0.29, 0.717) is 42.4 Å². The fourth-order valence-corrected chi connectivity index (χ4v) is 3.46. The number of hydrogen-bond donors (Lipinski definition) is 3. The van der Waals surface area contributed by atoms with Gasteiger partial charge in [-0.3, -0.25) is 4.68 Å². The first-order valence-corrected chi connectivity index (χ1v) is 11.6. The first-order valence-electron chi connectivity index (χ1n) is 11.6. The molecule has 3 N–H and O–H groups in total. The highest BCUT2D eigenvalue weighted by molar-refractivity contribution is 5.84. The van der Waals surface area contributed by atoms with E-state index >= 15 is 0 Å². The third-order valence-corrected chi connectivity index (χ3v) is 5.15. The number of benzene rings is 2. The molecule has 1 atom stereocenters. The number of halogens is 2. The summed E-state index contributed by atoms with van der Waals surface area (Å²) in [6, 6.07) is 5.86. The second-order valence-corrected chi connectivity index (χ2v) is 9.07. The summed E-state index contributed by atoms with van der Waals surface area (Å²) in [5.74, 6) is -1.45. The van der Waals surface area contributed by atoms with Crippen LogP contribution >= 0.6 is 0 Å². The maximum absolute atomic E-state index is 14.2. The highest BCUT2D eigenvalue weighted by atomic mass is 19.1. The van der Waals surface area contributed by atoms with E-state index in [1.165, 1.54) is 0 Å². The van der Waals surface area contributed by atoms with Crippen molar-refractivity contribution in [3.8, 4) is 17.2 Å².